The van der Waals surface area contributed by atoms with Gasteiger partial charge in [0.1, 0.15) is 11.4 Å². The third-order valence-corrected chi connectivity index (χ3v) is 3.77. The molecular formula is C16H19NO5S. The van der Waals surface area contributed by atoms with E-state index >= 15 is 0 Å². The first-order chi connectivity index (χ1) is 10.7. The topological polar surface area (TPSA) is 84.9 Å². The van der Waals surface area contributed by atoms with Gasteiger partial charge < -0.3 is 19.9 Å². The molecule has 2 N–H and O–H groups in total. The van der Waals surface area contributed by atoms with Crippen LogP contribution >= 0.6 is 11.3 Å². The van der Waals surface area contributed by atoms with Gasteiger partial charge >= 0.3 is 12.2 Å². The molecule has 124 valence electrons. The SMILES string of the molecule is CC(C)(C)OC(=O)Oc1cc2sccc2cc1CCNC(=O)O. The van der Waals surface area contributed by atoms with Crippen molar-refractivity contribution in [2.75, 3.05) is 6.54 Å². The van der Waals surface area contributed by atoms with Crippen LogP contribution in [0.5, 0.6) is 5.75 Å². The van der Waals surface area contributed by atoms with E-state index in [9.17, 15) is 9.59 Å². The van der Waals surface area contributed by atoms with E-state index in [0.717, 1.165) is 15.6 Å². The summed E-state index contributed by atoms with van der Waals surface area (Å²) in [7, 11) is 0. The van der Waals surface area contributed by atoms with Crippen molar-refractivity contribution in [1.29, 1.82) is 0 Å². The summed E-state index contributed by atoms with van der Waals surface area (Å²) in [4.78, 5) is 22.5. The Morgan fingerprint density at radius 2 is 2.04 bits per heavy atom. The number of thiophene rings is 1. The first-order valence-corrected chi connectivity index (χ1v) is 8.00. The molecule has 0 fully saturated rings. The lowest BCUT2D eigenvalue weighted by Crippen LogP contribution is -2.26. The molecule has 1 aromatic heterocycles. The van der Waals surface area contributed by atoms with Gasteiger partial charge in [-0.15, -0.1) is 11.3 Å². The van der Waals surface area contributed by atoms with Crippen molar-refractivity contribution >= 4 is 33.7 Å². The summed E-state index contributed by atoms with van der Waals surface area (Å²) in [6, 6.07) is 5.64. The van der Waals surface area contributed by atoms with E-state index in [-0.39, 0.29) is 6.54 Å². The maximum atomic E-state index is 11.9. The van der Waals surface area contributed by atoms with Gasteiger partial charge in [-0.1, -0.05) is 0 Å². The second kappa shape index (κ2) is 6.87. The number of fused-ring (bicyclic) bond motifs is 1. The van der Waals surface area contributed by atoms with Crippen LogP contribution in [-0.4, -0.2) is 29.5 Å². The maximum absolute atomic E-state index is 11.9. The van der Waals surface area contributed by atoms with Gasteiger partial charge in [0, 0.05) is 11.2 Å². The number of rotatable bonds is 4. The van der Waals surface area contributed by atoms with Gasteiger partial charge in [0.05, 0.1) is 0 Å². The Hall–Kier alpha value is -2.28. The van der Waals surface area contributed by atoms with Crippen LogP contribution in [0.2, 0.25) is 0 Å². The van der Waals surface area contributed by atoms with E-state index in [0.29, 0.717) is 12.2 Å². The molecule has 0 spiro atoms. The molecular weight excluding hydrogens is 318 g/mol. The van der Waals surface area contributed by atoms with Gasteiger partial charge in [-0.3, -0.25) is 0 Å². The Bertz CT molecular complexity index is 717. The molecule has 0 atom stereocenters. The van der Waals surface area contributed by atoms with Crippen LogP contribution in [-0.2, 0) is 11.2 Å². The fourth-order valence-corrected chi connectivity index (χ4v) is 2.79. The molecule has 23 heavy (non-hydrogen) atoms. The Morgan fingerprint density at radius 1 is 1.30 bits per heavy atom. The number of hydrogen-bond donors (Lipinski definition) is 2. The molecule has 0 aliphatic rings. The van der Waals surface area contributed by atoms with Crippen LogP contribution in [0.3, 0.4) is 0 Å². The molecule has 0 saturated carbocycles. The summed E-state index contributed by atoms with van der Waals surface area (Å²) in [6.07, 6.45) is -1.45. The Balaban J connectivity index is 2.20. The summed E-state index contributed by atoms with van der Waals surface area (Å²) in [6.45, 7) is 5.51. The van der Waals surface area contributed by atoms with Gasteiger partial charge in [-0.05, 0) is 61.7 Å². The number of amides is 1. The molecule has 0 saturated heterocycles. The third-order valence-electron chi connectivity index (χ3n) is 2.89. The van der Waals surface area contributed by atoms with Crippen molar-refractivity contribution in [3.05, 3.63) is 29.1 Å². The van der Waals surface area contributed by atoms with Gasteiger partial charge in [0.25, 0.3) is 0 Å². The molecule has 1 amide bonds. The fourth-order valence-electron chi connectivity index (χ4n) is 1.99. The quantitative estimate of drug-likeness (QED) is 0.650. The highest BCUT2D eigenvalue weighted by molar-refractivity contribution is 7.17. The average Bonchev–Trinajstić information content (AvgIpc) is 2.83. The van der Waals surface area contributed by atoms with Gasteiger partial charge in [-0.2, -0.15) is 0 Å². The molecule has 2 rings (SSSR count). The zero-order valence-corrected chi connectivity index (χ0v) is 14.0. The minimum absolute atomic E-state index is 0.232. The standard InChI is InChI=1S/C16H19NO5S/c1-16(2,3)22-15(20)21-12-9-13-11(5-7-23-13)8-10(12)4-6-17-14(18)19/h5,7-9,17H,4,6H2,1-3H3,(H,18,19). The van der Waals surface area contributed by atoms with Crippen molar-refractivity contribution < 1.29 is 24.2 Å². The first-order valence-electron chi connectivity index (χ1n) is 7.12. The molecule has 0 bridgehead atoms. The summed E-state index contributed by atoms with van der Waals surface area (Å²) in [5.74, 6) is 0.390. The van der Waals surface area contributed by atoms with E-state index < -0.39 is 17.8 Å². The third kappa shape index (κ3) is 5.14. The normalized spacial score (nSPS) is 11.3. The lowest BCUT2D eigenvalue weighted by molar-refractivity contribution is 0.0204. The molecule has 1 aromatic carbocycles. The van der Waals surface area contributed by atoms with E-state index in [1.807, 2.05) is 17.5 Å². The molecule has 1 heterocycles. The molecule has 6 nitrogen and oxygen atoms in total. The fraction of sp³-hybridized carbons (Fsp3) is 0.375. The summed E-state index contributed by atoms with van der Waals surface area (Å²) in [5, 5.41) is 13.9. The van der Waals surface area contributed by atoms with Crippen LogP contribution in [0.15, 0.2) is 23.6 Å². The minimum Gasteiger partial charge on any atom is -0.465 e. The van der Waals surface area contributed by atoms with E-state index in [1.165, 1.54) is 11.3 Å². The Morgan fingerprint density at radius 3 is 2.70 bits per heavy atom. The largest absolute Gasteiger partial charge is 0.514 e. The molecule has 7 heteroatoms. The molecule has 0 radical (unpaired) electrons. The highest BCUT2D eigenvalue weighted by atomic mass is 32.1. The zero-order valence-electron chi connectivity index (χ0n) is 13.2. The van der Waals surface area contributed by atoms with Gasteiger partial charge in [-0.25, -0.2) is 9.59 Å². The van der Waals surface area contributed by atoms with Crippen molar-refractivity contribution in [2.45, 2.75) is 32.8 Å². The second-order valence-electron chi connectivity index (χ2n) is 5.97. The monoisotopic (exact) mass is 337 g/mol. The number of hydrogen-bond acceptors (Lipinski definition) is 5. The Kier molecular flexibility index (Phi) is 5.10. The first kappa shape index (κ1) is 17.1. The van der Waals surface area contributed by atoms with Crippen molar-refractivity contribution in [2.24, 2.45) is 0 Å². The van der Waals surface area contributed by atoms with Gasteiger partial charge in [0.15, 0.2) is 0 Å². The minimum atomic E-state index is -1.09. The van der Waals surface area contributed by atoms with Crippen LogP contribution in [0.4, 0.5) is 9.59 Å². The molecule has 0 unspecified atom stereocenters. The Labute approximate surface area is 138 Å². The van der Waals surface area contributed by atoms with Crippen LogP contribution in [0.1, 0.15) is 26.3 Å². The van der Waals surface area contributed by atoms with Crippen molar-refractivity contribution in [1.82, 2.24) is 5.32 Å². The van der Waals surface area contributed by atoms with E-state index in [2.05, 4.69) is 5.32 Å². The summed E-state index contributed by atoms with van der Waals surface area (Å²) in [5.41, 5.74) is 0.102. The average molecular weight is 337 g/mol. The number of carbonyl (C=O) groups excluding carboxylic acids is 1. The summed E-state index contributed by atoms with van der Waals surface area (Å²) < 4.78 is 11.5. The lowest BCUT2D eigenvalue weighted by Gasteiger charge is -2.19. The highest BCUT2D eigenvalue weighted by Gasteiger charge is 2.19. The second-order valence-corrected chi connectivity index (χ2v) is 6.91. The maximum Gasteiger partial charge on any atom is 0.514 e. The van der Waals surface area contributed by atoms with Crippen molar-refractivity contribution in [3.63, 3.8) is 0 Å². The number of benzene rings is 1. The lowest BCUT2D eigenvalue weighted by atomic mass is 10.1. The van der Waals surface area contributed by atoms with E-state index in [4.69, 9.17) is 14.6 Å². The molecule has 0 aliphatic carbocycles. The highest BCUT2D eigenvalue weighted by Crippen LogP contribution is 2.30. The predicted octanol–water partition coefficient (Wildman–Crippen LogP) is 4.03. The number of ether oxygens (including phenoxy) is 2. The van der Waals surface area contributed by atoms with Crippen LogP contribution in [0.25, 0.3) is 10.1 Å². The van der Waals surface area contributed by atoms with E-state index in [1.54, 1.807) is 26.8 Å². The summed E-state index contributed by atoms with van der Waals surface area (Å²) >= 11 is 1.54. The van der Waals surface area contributed by atoms with Gasteiger partial charge in [0.2, 0.25) is 0 Å². The van der Waals surface area contributed by atoms with Crippen LogP contribution < -0.4 is 10.1 Å². The predicted molar refractivity (Wildman–Crippen MR) is 88.4 cm³/mol. The zero-order chi connectivity index (χ0) is 17.0. The smallest absolute Gasteiger partial charge is 0.465 e. The number of nitrogens with one attached hydrogen (secondary N) is 1. The number of carbonyl (C=O) groups is 2. The molecule has 2 aromatic rings. The van der Waals surface area contributed by atoms with Crippen LogP contribution in [0, 0.1) is 0 Å². The molecule has 0 aliphatic heterocycles. The van der Waals surface area contributed by atoms with Crippen molar-refractivity contribution in [3.8, 4) is 5.75 Å². The number of carboxylic acid groups (broad SMARTS) is 1.